The predicted molar refractivity (Wildman–Crippen MR) is 174 cm³/mol. The summed E-state index contributed by atoms with van der Waals surface area (Å²) in [6.07, 6.45) is 1.03. The van der Waals surface area contributed by atoms with E-state index in [0.29, 0.717) is 10.9 Å². The quantitative estimate of drug-likeness (QED) is 0.130. The molecular weight excluding hydrogens is 539 g/mol. The number of carbonyl (C=O) groups excluding carboxylic acids is 1. The van der Waals surface area contributed by atoms with Gasteiger partial charge in [-0.3, -0.25) is 4.79 Å². The van der Waals surface area contributed by atoms with Gasteiger partial charge < -0.3 is 5.32 Å². The van der Waals surface area contributed by atoms with Crippen LogP contribution < -0.4 is 21.2 Å². The van der Waals surface area contributed by atoms with Crippen LogP contribution in [0.4, 0.5) is 5.69 Å². The van der Waals surface area contributed by atoms with E-state index in [-0.39, 0.29) is 0 Å². The Balaban J connectivity index is 1.78. The zero-order chi connectivity index (χ0) is 28.1. The molecule has 0 saturated heterocycles. The Bertz CT molecular complexity index is 1680. The van der Waals surface area contributed by atoms with Crippen molar-refractivity contribution >= 4 is 51.8 Å². The van der Waals surface area contributed by atoms with Gasteiger partial charge in [0.15, 0.2) is 0 Å². The largest absolute Gasteiger partial charge is 0.348 e. The maximum absolute atomic E-state index is 13.8. The summed E-state index contributed by atoms with van der Waals surface area (Å²) in [6, 6.07) is 51.5. The minimum atomic E-state index is -2.74. The zero-order valence-electron chi connectivity index (χ0n) is 22.2. The molecule has 5 aromatic carbocycles. The van der Waals surface area contributed by atoms with Crippen molar-refractivity contribution in [2.75, 3.05) is 5.32 Å². The minimum absolute atomic E-state index is 0.534. The van der Waals surface area contributed by atoms with E-state index >= 15 is 0 Å². The van der Waals surface area contributed by atoms with Gasteiger partial charge in [-0.25, -0.2) is 0 Å². The van der Waals surface area contributed by atoms with E-state index in [2.05, 4.69) is 47.8 Å². The zero-order valence-corrected chi connectivity index (χ0v) is 23.9. The van der Waals surface area contributed by atoms with Crippen LogP contribution in [0.2, 0.25) is 0 Å². The molecule has 5 aromatic rings. The molecule has 0 aromatic heterocycles. The number of aldehydes is 1. The Labute approximate surface area is 245 Å². The van der Waals surface area contributed by atoms with Crippen LogP contribution in [-0.2, 0) is 4.79 Å². The molecule has 0 bridgehead atoms. The van der Waals surface area contributed by atoms with Gasteiger partial charge in [0.05, 0.1) is 28.3 Å². The highest BCUT2D eigenvalue weighted by molar-refractivity contribution is 8.03. The van der Waals surface area contributed by atoms with Crippen LogP contribution in [0.25, 0.3) is 0 Å². The lowest BCUT2D eigenvalue weighted by Crippen LogP contribution is -2.34. The molecule has 0 aliphatic carbocycles. The van der Waals surface area contributed by atoms with Crippen molar-refractivity contribution in [3.05, 3.63) is 162 Å². The van der Waals surface area contributed by atoms with Gasteiger partial charge in [0.2, 0.25) is 0 Å². The van der Waals surface area contributed by atoms with Crippen LogP contribution in [0.5, 0.6) is 0 Å². The molecule has 41 heavy (non-hydrogen) atoms. The second-order valence-electron chi connectivity index (χ2n) is 9.64. The Hall–Kier alpha value is -4.55. The van der Waals surface area contributed by atoms with Crippen molar-refractivity contribution in [1.29, 1.82) is 5.26 Å². The number of allylic oxidation sites excluding steroid dienone is 1. The van der Waals surface area contributed by atoms with Gasteiger partial charge in [0, 0.05) is 10.2 Å². The van der Waals surface area contributed by atoms with Crippen LogP contribution in [0.15, 0.2) is 161 Å². The first-order valence-corrected chi connectivity index (χ1v) is 16.0. The molecule has 0 saturated carbocycles. The average molecular weight is 567 g/mol. The molecule has 6 rings (SSSR count). The SMILES string of the molecule is N#C/C(=C1/Nc2ccccc2S1)C(C(C=O)=P(c1ccccc1)(c1ccccc1)c1ccccc1)c1ccccc1. The van der Waals surface area contributed by atoms with Gasteiger partial charge >= 0.3 is 0 Å². The van der Waals surface area contributed by atoms with Crippen molar-refractivity contribution in [3.63, 3.8) is 0 Å². The number of nitrogens with zero attached hydrogens (tertiary/aromatic N) is 1. The second-order valence-corrected chi connectivity index (χ2v) is 14.1. The van der Waals surface area contributed by atoms with Gasteiger partial charge in [0.25, 0.3) is 0 Å². The molecule has 3 nitrogen and oxygen atoms in total. The van der Waals surface area contributed by atoms with Crippen LogP contribution >= 0.6 is 18.6 Å². The van der Waals surface area contributed by atoms with E-state index in [1.807, 2.05) is 109 Å². The summed E-state index contributed by atoms with van der Waals surface area (Å²) in [7, 11) is 0. The summed E-state index contributed by atoms with van der Waals surface area (Å²) in [6.45, 7) is -2.74. The lowest BCUT2D eigenvalue weighted by atomic mass is 9.89. The van der Waals surface area contributed by atoms with Crippen LogP contribution in [-0.4, -0.2) is 11.6 Å². The number of hydrogen-bond donors (Lipinski definition) is 1. The molecule has 1 aliphatic rings. The lowest BCUT2D eigenvalue weighted by molar-refractivity contribution is -0.102. The molecule has 5 heteroatoms. The highest BCUT2D eigenvalue weighted by Gasteiger charge is 2.37. The van der Waals surface area contributed by atoms with E-state index in [4.69, 9.17) is 0 Å². The first-order chi connectivity index (χ1) is 20.3. The number of nitrogens with one attached hydrogen (secondary N) is 1. The summed E-state index contributed by atoms with van der Waals surface area (Å²) >= 11 is 1.55. The Morgan fingerprint density at radius 3 is 1.61 bits per heavy atom. The third kappa shape index (κ3) is 4.85. The van der Waals surface area contributed by atoms with Crippen LogP contribution in [0.3, 0.4) is 0 Å². The van der Waals surface area contributed by atoms with Crippen molar-refractivity contribution < 1.29 is 4.79 Å². The van der Waals surface area contributed by atoms with Gasteiger partial charge in [-0.2, -0.15) is 5.26 Å². The molecule has 1 unspecified atom stereocenters. The predicted octanol–water partition coefficient (Wildman–Crippen LogP) is 7.09. The fourth-order valence-corrected chi connectivity index (χ4v) is 11.1. The van der Waals surface area contributed by atoms with Gasteiger partial charge in [-0.15, -0.1) is 0 Å². The number of fused-ring (bicyclic) bond motifs is 1. The maximum Gasteiger partial charge on any atom is 0.148 e. The van der Waals surface area contributed by atoms with Crippen molar-refractivity contribution in [1.82, 2.24) is 0 Å². The number of hydrogen-bond acceptors (Lipinski definition) is 4. The Morgan fingerprint density at radius 1 is 0.683 bits per heavy atom. The van der Waals surface area contributed by atoms with E-state index < -0.39 is 12.8 Å². The first kappa shape index (κ1) is 26.7. The van der Waals surface area contributed by atoms with Gasteiger partial charge in [0.1, 0.15) is 6.29 Å². The third-order valence-electron chi connectivity index (χ3n) is 7.37. The summed E-state index contributed by atoms with van der Waals surface area (Å²) in [5.74, 6) is -0.572. The summed E-state index contributed by atoms with van der Waals surface area (Å²) < 4.78 is 0. The minimum Gasteiger partial charge on any atom is -0.348 e. The first-order valence-electron chi connectivity index (χ1n) is 13.4. The normalized spacial score (nSPS) is 14.2. The molecule has 0 amide bonds. The number of carbonyl (C=O) groups is 1. The maximum atomic E-state index is 13.8. The molecule has 1 atom stereocenters. The number of nitriles is 1. The van der Waals surface area contributed by atoms with Crippen molar-refractivity contribution in [3.8, 4) is 6.07 Å². The number of para-hydroxylation sites is 1. The molecule has 1 aliphatic heterocycles. The topological polar surface area (TPSA) is 52.9 Å². The van der Waals surface area contributed by atoms with E-state index in [9.17, 15) is 10.1 Å². The number of anilines is 1. The molecule has 1 heterocycles. The summed E-state index contributed by atoms with van der Waals surface area (Å²) in [5.41, 5.74) is 2.41. The molecule has 0 radical (unpaired) electrons. The van der Waals surface area contributed by atoms with E-state index in [0.717, 1.165) is 43.4 Å². The Kier molecular flexibility index (Phi) is 7.74. The molecule has 198 valence electrons. The highest BCUT2D eigenvalue weighted by atomic mass is 32.2. The fraction of sp³-hybridized carbons (Fsp3) is 0.0278. The van der Waals surface area contributed by atoms with Crippen LogP contribution in [0, 0.1) is 11.3 Å². The highest BCUT2D eigenvalue weighted by Crippen LogP contribution is 2.51. The van der Waals surface area contributed by atoms with Crippen molar-refractivity contribution in [2.45, 2.75) is 10.8 Å². The van der Waals surface area contributed by atoms with Gasteiger partial charge in [-0.05, 0) is 40.5 Å². The standard InChI is InChI=1S/C36H27N2OPS/c37-25-31(36-38-32-23-13-14-24-34(32)41-36)35(27-15-5-1-6-16-27)33(26-39)40(28-17-7-2-8-18-28,29-19-9-3-10-20-29)30-21-11-4-12-22-30/h1-24,26,35,38H/b36-31+. The smallest absolute Gasteiger partial charge is 0.148 e. The number of rotatable bonds is 7. The molecule has 0 fully saturated rings. The lowest BCUT2D eigenvalue weighted by Gasteiger charge is -2.34. The molecule has 0 spiro atoms. The second kappa shape index (κ2) is 11.9. The Morgan fingerprint density at radius 2 is 1.15 bits per heavy atom. The molecular formula is C36H27N2OPS. The van der Waals surface area contributed by atoms with E-state index in [1.165, 1.54) is 0 Å². The average Bonchev–Trinajstić information content (AvgIpc) is 3.48. The van der Waals surface area contributed by atoms with Crippen molar-refractivity contribution in [2.24, 2.45) is 0 Å². The third-order valence-corrected chi connectivity index (χ3v) is 12.8. The number of benzene rings is 5. The monoisotopic (exact) mass is 566 g/mol. The summed E-state index contributed by atoms with van der Waals surface area (Å²) in [4.78, 5) is 14.8. The number of thioether (sulfide) groups is 1. The molecule has 1 N–H and O–H groups in total. The van der Waals surface area contributed by atoms with Gasteiger partial charge in [-0.1, -0.05) is 145 Å². The van der Waals surface area contributed by atoms with E-state index in [1.54, 1.807) is 11.8 Å². The van der Waals surface area contributed by atoms with Crippen LogP contribution in [0.1, 0.15) is 11.5 Å². The summed E-state index contributed by atoms with van der Waals surface area (Å²) in [5, 5.41) is 19.0. The fourth-order valence-electron chi connectivity index (χ4n) is 5.61.